The van der Waals surface area contributed by atoms with Gasteiger partial charge < -0.3 is 23.8 Å². The number of ether oxygens (including phenoxy) is 2. The third kappa shape index (κ3) is 5.08. The number of piperidine rings is 1. The summed E-state index contributed by atoms with van der Waals surface area (Å²) in [5.74, 6) is 1.90. The van der Waals surface area contributed by atoms with Crippen molar-refractivity contribution in [3.8, 4) is 11.5 Å². The molecule has 2 aliphatic heterocycles. The lowest BCUT2D eigenvalue weighted by Gasteiger charge is -2.37. The number of aromatic nitrogens is 1. The molecule has 0 unspecified atom stereocenters. The molecule has 2 aromatic carbocycles. The number of hydrogen-bond acceptors (Lipinski definition) is 6. The van der Waals surface area contributed by atoms with Gasteiger partial charge in [0.2, 0.25) is 5.91 Å². The molecule has 3 heterocycles. The number of amides is 2. The molecule has 0 saturated carbocycles. The van der Waals surface area contributed by atoms with Crippen molar-refractivity contribution < 1.29 is 23.6 Å². The summed E-state index contributed by atoms with van der Waals surface area (Å²) in [7, 11) is 0. The van der Waals surface area contributed by atoms with Crippen LogP contribution in [0.3, 0.4) is 0 Å². The van der Waals surface area contributed by atoms with E-state index >= 15 is 0 Å². The van der Waals surface area contributed by atoms with Gasteiger partial charge in [-0.2, -0.15) is 0 Å². The zero-order chi connectivity index (χ0) is 25.1. The summed E-state index contributed by atoms with van der Waals surface area (Å²) in [4.78, 5) is 30.1. The van der Waals surface area contributed by atoms with E-state index in [9.17, 15) is 9.59 Å². The summed E-state index contributed by atoms with van der Waals surface area (Å²) in [5, 5.41) is 3.95. The Kier molecular flexibility index (Phi) is 6.93. The van der Waals surface area contributed by atoms with Crippen molar-refractivity contribution in [3.05, 3.63) is 71.1 Å². The summed E-state index contributed by atoms with van der Waals surface area (Å²) in [5.41, 5.74) is 3.32. The van der Waals surface area contributed by atoms with Gasteiger partial charge in [-0.25, -0.2) is 0 Å². The molecule has 2 amide bonds. The highest BCUT2D eigenvalue weighted by atomic mass is 16.5. The van der Waals surface area contributed by atoms with Crippen molar-refractivity contribution in [2.75, 3.05) is 24.5 Å². The molecule has 1 fully saturated rings. The lowest BCUT2D eigenvalue weighted by Crippen LogP contribution is -2.53. The summed E-state index contributed by atoms with van der Waals surface area (Å²) in [6, 6.07) is 14.9. The van der Waals surface area contributed by atoms with E-state index in [1.807, 2.05) is 67.3 Å². The molecule has 0 N–H and O–H groups in total. The predicted octanol–water partition coefficient (Wildman–Crippen LogP) is 4.22. The number of anilines is 1. The minimum Gasteiger partial charge on any atom is -0.489 e. The third-order valence-electron chi connectivity index (χ3n) is 6.86. The number of benzene rings is 2. The molecule has 188 valence electrons. The van der Waals surface area contributed by atoms with Gasteiger partial charge in [-0.15, -0.1) is 0 Å². The number of aryl methyl sites for hydroxylation is 2. The number of carbonyl (C=O) groups is 2. The monoisotopic (exact) mass is 489 g/mol. The highest BCUT2D eigenvalue weighted by Crippen LogP contribution is 2.34. The van der Waals surface area contributed by atoms with E-state index in [-0.39, 0.29) is 24.8 Å². The highest BCUT2D eigenvalue weighted by molar-refractivity contribution is 5.98. The molecular weight excluding hydrogens is 458 g/mol. The zero-order valence-corrected chi connectivity index (χ0v) is 20.7. The van der Waals surface area contributed by atoms with Crippen molar-refractivity contribution in [2.24, 2.45) is 0 Å². The van der Waals surface area contributed by atoms with E-state index in [0.29, 0.717) is 23.8 Å². The summed E-state index contributed by atoms with van der Waals surface area (Å²) in [6.45, 7) is 5.83. The van der Waals surface area contributed by atoms with Crippen LogP contribution in [0, 0.1) is 13.8 Å². The van der Waals surface area contributed by atoms with Crippen LogP contribution in [-0.2, 0) is 22.6 Å². The van der Waals surface area contributed by atoms with Gasteiger partial charge in [0.1, 0.15) is 23.9 Å². The molecular formula is C28H31N3O5. The Balaban J connectivity index is 1.26. The summed E-state index contributed by atoms with van der Waals surface area (Å²) in [6.07, 6.45) is 2.68. The Morgan fingerprint density at radius 2 is 1.78 bits per heavy atom. The van der Waals surface area contributed by atoms with Crippen molar-refractivity contribution in [3.63, 3.8) is 0 Å². The van der Waals surface area contributed by atoms with Gasteiger partial charge in [0, 0.05) is 13.1 Å². The molecule has 8 nitrogen and oxygen atoms in total. The Bertz CT molecular complexity index is 1210. The maximum absolute atomic E-state index is 13.4. The van der Waals surface area contributed by atoms with Crippen molar-refractivity contribution >= 4 is 17.5 Å². The highest BCUT2D eigenvalue weighted by Gasteiger charge is 2.36. The van der Waals surface area contributed by atoms with E-state index in [2.05, 4.69) is 5.16 Å². The van der Waals surface area contributed by atoms with Crippen LogP contribution in [0.15, 0.2) is 53.1 Å². The maximum Gasteiger partial charge on any atom is 0.265 e. The van der Waals surface area contributed by atoms with Crippen LogP contribution < -0.4 is 14.4 Å². The number of nitrogens with zero attached hydrogens (tertiary/aromatic N) is 3. The molecule has 1 aromatic heterocycles. The second-order valence-corrected chi connectivity index (χ2v) is 9.38. The van der Waals surface area contributed by atoms with Gasteiger partial charge in [0.25, 0.3) is 5.91 Å². The van der Waals surface area contributed by atoms with Gasteiger partial charge in [-0.05, 0) is 62.9 Å². The minimum absolute atomic E-state index is 0.0400. The summed E-state index contributed by atoms with van der Waals surface area (Å²) >= 11 is 0. The van der Waals surface area contributed by atoms with E-state index in [1.165, 1.54) is 0 Å². The molecule has 2 aliphatic rings. The molecule has 36 heavy (non-hydrogen) atoms. The van der Waals surface area contributed by atoms with Crippen LogP contribution in [0.2, 0.25) is 0 Å². The number of likely N-dealkylation sites (tertiary alicyclic amines) is 1. The lowest BCUT2D eigenvalue weighted by molar-refractivity contribution is -0.139. The number of carbonyl (C=O) groups excluding carboxylic acids is 2. The first-order valence-electron chi connectivity index (χ1n) is 12.5. The fraction of sp³-hybridized carbons (Fsp3) is 0.393. The molecule has 1 saturated heterocycles. The standard InChI is InChI=1S/C28H31N3O5/c1-19-23(20(2)36-29-19)18-34-22-12-10-21(11-13-22)16-27(32)31-17-26(28(33)30-14-6-3-7-15-30)35-25-9-5-4-8-24(25)31/h4-5,8-13,26H,3,6-7,14-18H2,1-2H3/t26-/m0/s1. The number of para-hydroxylation sites is 2. The molecule has 0 radical (unpaired) electrons. The minimum atomic E-state index is -0.693. The van der Waals surface area contributed by atoms with Crippen LogP contribution >= 0.6 is 0 Å². The van der Waals surface area contributed by atoms with E-state index in [0.717, 1.165) is 54.9 Å². The SMILES string of the molecule is Cc1noc(C)c1COc1ccc(CC(=O)N2C[C@@H](C(=O)N3CCCCC3)Oc3ccccc32)cc1. The number of fused-ring (bicyclic) bond motifs is 1. The molecule has 0 aliphatic carbocycles. The first-order chi connectivity index (χ1) is 17.5. The first kappa shape index (κ1) is 23.9. The Labute approximate surface area is 210 Å². The average molecular weight is 490 g/mol. The number of rotatable bonds is 6. The summed E-state index contributed by atoms with van der Waals surface area (Å²) < 4.78 is 17.1. The zero-order valence-electron chi connectivity index (χ0n) is 20.7. The molecule has 3 aromatic rings. The average Bonchev–Trinajstić information content (AvgIpc) is 3.24. The van der Waals surface area contributed by atoms with E-state index in [1.54, 1.807) is 4.90 Å². The smallest absolute Gasteiger partial charge is 0.265 e. The predicted molar refractivity (Wildman–Crippen MR) is 134 cm³/mol. The van der Waals surface area contributed by atoms with E-state index in [4.69, 9.17) is 14.0 Å². The lowest BCUT2D eigenvalue weighted by atomic mass is 10.1. The van der Waals surface area contributed by atoms with Gasteiger partial charge >= 0.3 is 0 Å². The number of hydrogen-bond donors (Lipinski definition) is 0. The van der Waals surface area contributed by atoms with Crippen LogP contribution in [0.1, 0.15) is 41.8 Å². The first-order valence-corrected chi connectivity index (χ1v) is 12.5. The van der Waals surface area contributed by atoms with Gasteiger partial charge in [0.05, 0.1) is 29.9 Å². The van der Waals surface area contributed by atoms with Crippen molar-refractivity contribution in [1.29, 1.82) is 0 Å². The molecule has 1 atom stereocenters. The maximum atomic E-state index is 13.4. The fourth-order valence-electron chi connectivity index (χ4n) is 4.75. The quantitative estimate of drug-likeness (QED) is 0.516. The van der Waals surface area contributed by atoms with Crippen LogP contribution in [0.4, 0.5) is 5.69 Å². The normalized spacial score (nSPS) is 17.3. The van der Waals surface area contributed by atoms with Gasteiger partial charge in [0.15, 0.2) is 6.10 Å². The largest absolute Gasteiger partial charge is 0.489 e. The molecule has 8 heteroatoms. The van der Waals surface area contributed by atoms with Crippen molar-refractivity contribution in [2.45, 2.75) is 52.2 Å². The van der Waals surface area contributed by atoms with Crippen LogP contribution in [-0.4, -0.2) is 47.6 Å². The molecule has 5 rings (SSSR count). The third-order valence-corrected chi connectivity index (χ3v) is 6.86. The Morgan fingerprint density at radius 1 is 1.03 bits per heavy atom. The van der Waals surface area contributed by atoms with Crippen molar-refractivity contribution in [1.82, 2.24) is 10.1 Å². The second-order valence-electron chi connectivity index (χ2n) is 9.38. The molecule has 0 spiro atoms. The fourth-order valence-corrected chi connectivity index (χ4v) is 4.75. The van der Waals surface area contributed by atoms with Crippen LogP contribution in [0.5, 0.6) is 11.5 Å². The second kappa shape index (κ2) is 10.4. The van der Waals surface area contributed by atoms with Crippen LogP contribution in [0.25, 0.3) is 0 Å². The molecule has 0 bridgehead atoms. The Morgan fingerprint density at radius 3 is 2.50 bits per heavy atom. The topological polar surface area (TPSA) is 85.1 Å². The Hall–Kier alpha value is -3.81. The van der Waals surface area contributed by atoms with Gasteiger partial charge in [-0.3, -0.25) is 9.59 Å². The van der Waals surface area contributed by atoms with Gasteiger partial charge in [-0.1, -0.05) is 29.4 Å². The van der Waals surface area contributed by atoms with E-state index < -0.39 is 6.10 Å².